The monoisotopic (exact) mass is 474 g/mol. The van der Waals surface area contributed by atoms with Gasteiger partial charge in [-0.1, -0.05) is 65.8 Å². The Labute approximate surface area is 206 Å². The van der Waals surface area contributed by atoms with Crippen LogP contribution in [-0.4, -0.2) is 76.2 Å². The van der Waals surface area contributed by atoms with E-state index in [1.165, 1.54) is 5.56 Å². The topological polar surface area (TPSA) is 77.7 Å². The summed E-state index contributed by atoms with van der Waals surface area (Å²) in [6.07, 6.45) is 1.99. The van der Waals surface area contributed by atoms with Crippen LogP contribution >= 0.6 is 0 Å². The summed E-state index contributed by atoms with van der Waals surface area (Å²) < 4.78 is 5.56. The third kappa shape index (κ3) is 5.89. The first-order valence-corrected chi connectivity index (χ1v) is 12.6. The van der Waals surface area contributed by atoms with E-state index < -0.39 is 0 Å². The van der Waals surface area contributed by atoms with Gasteiger partial charge in [0.25, 0.3) is 0 Å². The van der Waals surface area contributed by atoms with Crippen molar-refractivity contribution in [1.82, 2.24) is 30.2 Å². The van der Waals surface area contributed by atoms with Gasteiger partial charge in [0.05, 0.1) is 6.04 Å². The molecule has 8 heteroatoms. The van der Waals surface area contributed by atoms with Crippen LogP contribution < -0.4 is 5.32 Å². The first-order chi connectivity index (χ1) is 17.2. The molecule has 2 amide bonds. The minimum Gasteiger partial charge on any atom is -0.337 e. The Bertz CT molecular complexity index is 1070. The summed E-state index contributed by atoms with van der Waals surface area (Å²) in [6, 6.07) is 20.8. The van der Waals surface area contributed by atoms with E-state index in [-0.39, 0.29) is 18.1 Å². The molecule has 0 aliphatic carbocycles. The first-order valence-electron chi connectivity index (χ1n) is 12.6. The first kappa shape index (κ1) is 23.5. The number of rotatable bonds is 6. The summed E-state index contributed by atoms with van der Waals surface area (Å²) in [4.78, 5) is 24.2. The summed E-state index contributed by atoms with van der Waals surface area (Å²) in [7, 11) is 0. The Hall–Kier alpha value is -3.23. The number of piperazine rings is 1. The molecule has 3 aromatic rings. The molecule has 0 spiro atoms. The average molecular weight is 475 g/mol. The molecule has 5 rings (SSSR count). The maximum absolute atomic E-state index is 12.9. The van der Waals surface area contributed by atoms with Gasteiger partial charge in [0.1, 0.15) is 0 Å². The lowest BCUT2D eigenvalue weighted by molar-refractivity contribution is 0.0969. The number of piperidine rings is 1. The average Bonchev–Trinajstić information content (AvgIpc) is 3.41. The number of urea groups is 1. The smallest absolute Gasteiger partial charge is 0.317 e. The predicted octanol–water partition coefficient (Wildman–Crippen LogP) is 3.79. The van der Waals surface area contributed by atoms with Crippen molar-refractivity contribution in [3.05, 3.63) is 72.1 Å². The molecule has 2 aliphatic rings. The van der Waals surface area contributed by atoms with Gasteiger partial charge in [0, 0.05) is 57.4 Å². The fraction of sp³-hybridized carbons (Fsp3) is 0.444. The molecule has 2 aromatic carbocycles. The van der Waals surface area contributed by atoms with Crippen LogP contribution in [0.2, 0.25) is 0 Å². The lowest BCUT2D eigenvalue weighted by Gasteiger charge is -2.38. The van der Waals surface area contributed by atoms with Crippen LogP contribution in [0.1, 0.15) is 37.3 Å². The molecular formula is C27H34N6O2. The zero-order valence-corrected chi connectivity index (χ0v) is 20.3. The summed E-state index contributed by atoms with van der Waals surface area (Å²) in [5, 5.41) is 7.42. The van der Waals surface area contributed by atoms with Crippen LogP contribution in [0.4, 0.5) is 4.79 Å². The lowest BCUT2D eigenvalue weighted by Crippen LogP contribution is -2.55. The highest BCUT2D eigenvalue weighted by Crippen LogP contribution is 2.23. The van der Waals surface area contributed by atoms with E-state index >= 15 is 0 Å². The van der Waals surface area contributed by atoms with Crippen LogP contribution in [0.5, 0.6) is 0 Å². The summed E-state index contributed by atoms with van der Waals surface area (Å²) in [5.74, 6) is 1.23. The number of aromatic nitrogens is 2. The molecular weight excluding hydrogens is 440 g/mol. The Kier molecular flexibility index (Phi) is 7.39. The molecule has 2 fully saturated rings. The predicted molar refractivity (Wildman–Crippen MR) is 135 cm³/mol. The number of likely N-dealkylation sites (tertiary alicyclic amines) is 1. The largest absolute Gasteiger partial charge is 0.337 e. The Morgan fingerprint density at radius 2 is 1.63 bits per heavy atom. The zero-order chi connectivity index (χ0) is 24.0. The SMILES string of the molecule is C[C@@H](c1nc(-c2ccccc2)no1)N1CCN(C(=O)NC2CCN(Cc3ccccc3)CC2)CC1. The molecule has 2 saturated heterocycles. The highest BCUT2D eigenvalue weighted by molar-refractivity contribution is 5.74. The number of benzene rings is 2. The molecule has 1 N–H and O–H groups in total. The second kappa shape index (κ2) is 11.0. The fourth-order valence-corrected chi connectivity index (χ4v) is 4.92. The zero-order valence-electron chi connectivity index (χ0n) is 20.3. The van der Waals surface area contributed by atoms with Crippen molar-refractivity contribution in [3.63, 3.8) is 0 Å². The molecule has 3 heterocycles. The quantitative estimate of drug-likeness (QED) is 0.586. The molecule has 8 nitrogen and oxygen atoms in total. The molecule has 0 radical (unpaired) electrons. The summed E-state index contributed by atoms with van der Waals surface area (Å²) >= 11 is 0. The van der Waals surface area contributed by atoms with Gasteiger partial charge in [-0.2, -0.15) is 4.98 Å². The van der Waals surface area contributed by atoms with Gasteiger partial charge < -0.3 is 14.7 Å². The van der Waals surface area contributed by atoms with Gasteiger partial charge in [-0.3, -0.25) is 9.80 Å². The second-order valence-electron chi connectivity index (χ2n) is 9.51. The number of nitrogens with one attached hydrogen (secondary N) is 1. The third-order valence-corrected chi connectivity index (χ3v) is 7.14. The van der Waals surface area contributed by atoms with Crippen LogP contribution in [-0.2, 0) is 6.54 Å². The lowest BCUT2D eigenvalue weighted by atomic mass is 10.0. The molecule has 0 saturated carbocycles. The Balaban J connectivity index is 1.06. The van der Waals surface area contributed by atoms with Gasteiger partial charge in [-0.25, -0.2) is 4.79 Å². The normalized spacial score (nSPS) is 18.9. The maximum atomic E-state index is 12.9. The van der Waals surface area contributed by atoms with Crippen LogP contribution in [0.3, 0.4) is 0 Å². The van der Waals surface area contributed by atoms with Gasteiger partial charge in [-0.05, 0) is 25.3 Å². The number of carbonyl (C=O) groups excluding carboxylic acids is 1. The van der Waals surface area contributed by atoms with Crippen molar-refractivity contribution in [2.24, 2.45) is 0 Å². The van der Waals surface area contributed by atoms with Crippen molar-refractivity contribution in [1.29, 1.82) is 0 Å². The minimum absolute atomic E-state index is 0.0131. The van der Waals surface area contributed by atoms with Gasteiger partial charge in [-0.15, -0.1) is 0 Å². The van der Waals surface area contributed by atoms with Crippen LogP contribution in [0.15, 0.2) is 65.2 Å². The van der Waals surface area contributed by atoms with E-state index in [1.807, 2.05) is 35.2 Å². The van der Waals surface area contributed by atoms with Gasteiger partial charge in [0.2, 0.25) is 11.7 Å². The standard InChI is InChI=1S/C27H34N6O2/c1-21(26-29-25(30-35-26)23-10-6-3-7-11-23)32-16-18-33(19-17-32)27(34)28-24-12-14-31(15-13-24)20-22-8-4-2-5-9-22/h2-11,21,24H,12-20H2,1H3,(H,28,34)/t21-/m0/s1. The van der Waals surface area contributed by atoms with E-state index in [2.05, 4.69) is 62.5 Å². The Morgan fingerprint density at radius 3 is 2.31 bits per heavy atom. The van der Waals surface area contributed by atoms with E-state index in [0.717, 1.165) is 51.1 Å². The van der Waals surface area contributed by atoms with Crippen molar-refractivity contribution < 1.29 is 9.32 Å². The highest BCUT2D eigenvalue weighted by atomic mass is 16.5. The van der Waals surface area contributed by atoms with E-state index in [1.54, 1.807) is 0 Å². The third-order valence-electron chi connectivity index (χ3n) is 7.14. The number of carbonyl (C=O) groups is 1. The summed E-state index contributed by atoms with van der Waals surface area (Å²) in [5.41, 5.74) is 2.29. The van der Waals surface area contributed by atoms with Gasteiger partial charge in [0.15, 0.2) is 0 Å². The molecule has 1 aromatic heterocycles. The van der Waals surface area contributed by atoms with Crippen LogP contribution in [0, 0.1) is 0 Å². The molecule has 1 atom stereocenters. The fourth-order valence-electron chi connectivity index (χ4n) is 4.92. The highest BCUT2D eigenvalue weighted by Gasteiger charge is 2.29. The van der Waals surface area contributed by atoms with E-state index in [4.69, 9.17) is 4.52 Å². The number of amides is 2. The molecule has 184 valence electrons. The Morgan fingerprint density at radius 1 is 0.971 bits per heavy atom. The maximum Gasteiger partial charge on any atom is 0.317 e. The van der Waals surface area contributed by atoms with Crippen molar-refractivity contribution in [2.75, 3.05) is 39.3 Å². The minimum atomic E-state index is 0.0131. The van der Waals surface area contributed by atoms with Crippen molar-refractivity contribution in [3.8, 4) is 11.4 Å². The molecule has 35 heavy (non-hydrogen) atoms. The van der Waals surface area contributed by atoms with Gasteiger partial charge >= 0.3 is 6.03 Å². The number of hydrogen-bond acceptors (Lipinski definition) is 6. The molecule has 2 aliphatic heterocycles. The van der Waals surface area contributed by atoms with E-state index in [9.17, 15) is 4.79 Å². The number of hydrogen-bond donors (Lipinski definition) is 1. The molecule has 0 bridgehead atoms. The van der Waals surface area contributed by atoms with Crippen molar-refractivity contribution in [2.45, 2.75) is 38.4 Å². The second-order valence-corrected chi connectivity index (χ2v) is 9.51. The summed E-state index contributed by atoms with van der Waals surface area (Å²) in [6.45, 7) is 8.06. The molecule has 0 unspecified atom stereocenters. The number of nitrogens with zero attached hydrogens (tertiary/aromatic N) is 5. The van der Waals surface area contributed by atoms with E-state index in [0.29, 0.717) is 24.8 Å². The van der Waals surface area contributed by atoms with Crippen LogP contribution in [0.25, 0.3) is 11.4 Å². The van der Waals surface area contributed by atoms with Crippen molar-refractivity contribution >= 4 is 6.03 Å².